The van der Waals surface area contributed by atoms with Gasteiger partial charge in [0.05, 0.1) is 11.8 Å². The number of hydrogen-bond acceptors (Lipinski definition) is 3. The SMILES string of the molecule is CCn1cc(C(=O)CCC2CCCNC2)cn1. The van der Waals surface area contributed by atoms with Crippen LogP contribution in [0.4, 0.5) is 0 Å². The van der Waals surface area contributed by atoms with Gasteiger partial charge in [-0.2, -0.15) is 5.10 Å². The van der Waals surface area contributed by atoms with Crippen LogP contribution < -0.4 is 5.32 Å². The molecule has 0 aliphatic carbocycles. The summed E-state index contributed by atoms with van der Waals surface area (Å²) in [7, 11) is 0. The predicted octanol–water partition coefficient (Wildman–Crippen LogP) is 1.87. The first kappa shape index (κ1) is 12.3. The normalized spacial score (nSPS) is 20.4. The van der Waals surface area contributed by atoms with Crippen LogP contribution in [-0.2, 0) is 6.54 Å². The first-order chi connectivity index (χ1) is 8.29. The molecule has 0 bridgehead atoms. The smallest absolute Gasteiger partial charge is 0.166 e. The summed E-state index contributed by atoms with van der Waals surface area (Å²) < 4.78 is 1.80. The van der Waals surface area contributed by atoms with E-state index in [2.05, 4.69) is 10.4 Å². The summed E-state index contributed by atoms with van der Waals surface area (Å²) >= 11 is 0. The van der Waals surface area contributed by atoms with Gasteiger partial charge in [0.2, 0.25) is 0 Å². The Morgan fingerprint density at radius 3 is 3.18 bits per heavy atom. The van der Waals surface area contributed by atoms with Crippen molar-refractivity contribution in [1.29, 1.82) is 0 Å². The van der Waals surface area contributed by atoms with E-state index in [1.54, 1.807) is 10.9 Å². The molecule has 1 aliphatic heterocycles. The number of rotatable bonds is 5. The van der Waals surface area contributed by atoms with Gasteiger partial charge < -0.3 is 5.32 Å². The molecule has 0 spiro atoms. The number of ketones is 1. The van der Waals surface area contributed by atoms with Gasteiger partial charge in [0.25, 0.3) is 0 Å². The van der Waals surface area contributed by atoms with E-state index in [1.807, 2.05) is 13.1 Å². The molecule has 1 unspecified atom stereocenters. The van der Waals surface area contributed by atoms with Gasteiger partial charge >= 0.3 is 0 Å². The number of carbonyl (C=O) groups is 1. The highest BCUT2D eigenvalue weighted by molar-refractivity contribution is 5.95. The molecule has 2 rings (SSSR count). The van der Waals surface area contributed by atoms with Crippen LogP contribution in [-0.4, -0.2) is 28.7 Å². The largest absolute Gasteiger partial charge is 0.316 e. The number of nitrogens with zero attached hydrogens (tertiary/aromatic N) is 2. The standard InChI is InChI=1S/C13H21N3O/c1-2-16-10-12(9-15-16)13(17)6-5-11-4-3-7-14-8-11/h9-11,14H,2-8H2,1H3. The molecule has 0 amide bonds. The zero-order chi connectivity index (χ0) is 12.1. The summed E-state index contributed by atoms with van der Waals surface area (Å²) in [6.07, 6.45) is 7.69. The average molecular weight is 235 g/mol. The van der Waals surface area contributed by atoms with E-state index in [4.69, 9.17) is 0 Å². The number of piperidine rings is 1. The number of aromatic nitrogens is 2. The van der Waals surface area contributed by atoms with Gasteiger partial charge in [0.1, 0.15) is 0 Å². The highest BCUT2D eigenvalue weighted by atomic mass is 16.1. The maximum absolute atomic E-state index is 11.9. The van der Waals surface area contributed by atoms with Crippen molar-refractivity contribution in [3.63, 3.8) is 0 Å². The second-order valence-corrected chi connectivity index (χ2v) is 4.76. The highest BCUT2D eigenvalue weighted by Crippen LogP contribution is 2.17. The van der Waals surface area contributed by atoms with Crippen LogP contribution in [0.15, 0.2) is 12.4 Å². The first-order valence-electron chi connectivity index (χ1n) is 6.56. The van der Waals surface area contributed by atoms with Crippen molar-refractivity contribution in [3.8, 4) is 0 Å². The van der Waals surface area contributed by atoms with Crippen LogP contribution in [0.1, 0.15) is 43.0 Å². The third kappa shape index (κ3) is 3.40. The third-order valence-corrected chi connectivity index (χ3v) is 3.46. The lowest BCUT2D eigenvalue weighted by atomic mass is 9.93. The third-order valence-electron chi connectivity index (χ3n) is 3.46. The minimum Gasteiger partial charge on any atom is -0.316 e. The molecule has 17 heavy (non-hydrogen) atoms. The molecule has 1 atom stereocenters. The summed E-state index contributed by atoms with van der Waals surface area (Å²) in [6, 6.07) is 0. The van der Waals surface area contributed by atoms with E-state index in [0.717, 1.165) is 31.6 Å². The van der Waals surface area contributed by atoms with Crippen LogP contribution >= 0.6 is 0 Å². The van der Waals surface area contributed by atoms with Crippen molar-refractivity contribution in [3.05, 3.63) is 18.0 Å². The predicted molar refractivity (Wildman–Crippen MR) is 67.1 cm³/mol. The minimum atomic E-state index is 0.232. The van der Waals surface area contributed by atoms with E-state index in [0.29, 0.717) is 12.3 Å². The van der Waals surface area contributed by atoms with Crippen LogP contribution in [0, 0.1) is 5.92 Å². The van der Waals surface area contributed by atoms with Crippen molar-refractivity contribution in [1.82, 2.24) is 15.1 Å². The zero-order valence-electron chi connectivity index (χ0n) is 10.5. The Morgan fingerprint density at radius 1 is 1.65 bits per heavy atom. The number of aryl methyl sites for hydroxylation is 1. The fourth-order valence-electron chi connectivity index (χ4n) is 2.33. The molecule has 4 heteroatoms. The number of hydrogen-bond donors (Lipinski definition) is 1. The Bertz CT molecular complexity index is 366. The summed E-state index contributed by atoms with van der Waals surface area (Å²) in [5, 5.41) is 7.52. The topological polar surface area (TPSA) is 46.9 Å². The molecule has 0 radical (unpaired) electrons. The molecule has 0 aromatic carbocycles. The van der Waals surface area contributed by atoms with Crippen LogP contribution in [0.3, 0.4) is 0 Å². The lowest BCUT2D eigenvalue weighted by Crippen LogP contribution is -2.29. The zero-order valence-corrected chi connectivity index (χ0v) is 10.5. The summed E-state index contributed by atoms with van der Waals surface area (Å²) in [5.74, 6) is 0.907. The maximum Gasteiger partial charge on any atom is 0.166 e. The van der Waals surface area contributed by atoms with Crippen LogP contribution in [0.5, 0.6) is 0 Å². The van der Waals surface area contributed by atoms with Gasteiger partial charge in [-0.1, -0.05) is 0 Å². The van der Waals surface area contributed by atoms with Gasteiger partial charge in [-0.05, 0) is 45.2 Å². The molecule has 1 N–H and O–H groups in total. The quantitative estimate of drug-likeness (QED) is 0.792. The van der Waals surface area contributed by atoms with Crippen molar-refractivity contribution in [2.45, 2.75) is 39.2 Å². The first-order valence-corrected chi connectivity index (χ1v) is 6.56. The van der Waals surface area contributed by atoms with Crippen molar-refractivity contribution in [2.75, 3.05) is 13.1 Å². The molecule has 1 aromatic heterocycles. The number of Topliss-reactive ketones (excluding diaryl/α,β-unsaturated/α-hetero) is 1. The van der Waals surface area contributed by atoms with Crippen molar-refractivity contribution in [2.24, 2.45) is 5.92 Å². The van der Waals surface area contributed by atoms with E-state index in [-0.39, 0.29) is 5.78 Å². The average Bonchev–Trinajstić information content (AvgIpc) is 2.86. The maximum atomic E-state index is 11.9. The van der Waals surface area contributed by atoms with Crippen molar-refractivity contribution >= 4 is 5.78 Å². The molecule has 2 heterocycles. The summed E-state index contributed by atoms with van der Waals surface area (Å²) in [6.45, 7) is 5.05. The van der Waals surface area contributed by atoms with Gasteiger partial charge in [0.15, 0.2) is 5.78 Å². The Hall–Kier alpha value is -1.16. The molecule has 4 nitrogen and oxygen atoms in total. The number of carbonyl (C=O) groups excluding carboxylic acids is 1. The molecule has 1 fully saturated rings. The molecule has 1 aromatic rings. The van der Waals surface area contributed by atoms with Crippen LogP contribution in [0.2, 0.25) is 0 Å². The second kappa shape index (κ2) is 5.96. The Kier molecular flexibility index (Phi) is 4.31. The molecule has 94 valence electrons. The molecular weight excluding hydrogens is 214 g/mol. The summed E-state index contributed by atoms with van der Waals surface area (Å²) in [5.41, 5.74) is 0.760. The Morgan fingerprint density at radius 2 is 2.53 bits per heavy atom. The van der Waals surface area contributed by atoms with E-state index >= 15 is 0 Å². The molecule has 1 saturated heterocycles. The van der Waals surface area contributed by atoms with Crippen molar-refractivity contribution < 1.29 is 4.79 Å². The van der Waals surface area contributed by atoms with E-state index < -0.39 is 0 Å². The van der Waals surface area contributed by atoms with E-state index in [9.17, 15) is 4.79 Å². The fraction of sp³-hybridized carbons (Fsp3) is 0.692. The second-order valence-electron chi connectivity index (χ2n) is 4.76. The molecular formula is C13H21N3O. The monoisotopic (exact) mass is 235 g/mol. The highest BCUT2D eigenvalue weighted by Gasteiger charge is 2.15. The molecule has 1 aliphatic rings. The van der Waals surface area contributed by atoms with Gasteiger partial charge in [-0.25, -0.2) is 0 Å². The Labute approximate surface area is 102 Å². The fourth-order valence-corrected chi connectivity index (χ4v) is 2.33. The van der Waals surface area contributed by atoms with Crippen LogP contribution in [0.25, 0.3) is 0 Å². The van der Waals surface area contributed by atoms with Gasteiger partial charge in [-0.15, -0.1) is 0 Å². The lowest BCUT2D eigenvalue weighted by molar-refractivity contribution is 0.0971. The Balaban J connectivity index is 1.80. The number of nitrogens with one attached hydrogen (secondary N) is 1. The van der Waals surface area contributed by atoms with Gasteiger partial charge in [-0.3, -0.25) is 9.48 Å². The molecule has 0 saturated carbocycles. The van der Waals surface area contributed by atoms with E-state index in [1.165, 1.54) is 12.8 Å². The minimum absolute atomic E-state index is 0.232. The van der Waals surface area contributed by atoms with Gasteiger partial charge in [0, 0.05) is 19.2 Å². The lowest BCUT2D eigenvalue weighted by Gasteiger charge is -2.22. The summed E-state index contributed by atoms with van der Waals surface area (Å²) in [4.78, 5) is 11.9.